The van der Waals surface area contributed by atoms with E-state index in [1.165, 1.54) is 0 Å². The van der Waals surface area contributed by atoms with Gasteiger partial charge in [0.05, 0.1) is 6.61 Å². The lowest BCUT2D eigenvalue weighted by atomic mass is 10.1. The maximum absolute atomic E-state index is 11.7. The van der Waals surface area contributed by atoms with E-state index >= 15 is 0 Å². The van der Waals surface area contributed by atoms with E-state index < -0.39 is 0 Å². The zero-order valence-corrected chi connectivity index (χ0v) is 12.2. The summed E-state index contributed by atoms with van der Waals surface area (Å²) in [5.74, 6) is 0.806. The molecular formula is C16H20N2O3. The lowest BCUT2D eigenvalue weighted by Crippen LogP contribution is -2.43. The smallest absolute Gasteiger partial charge is 0.336 e. The first-order valence-corrected chi connectivity index (χ1v) is 7.39. The average Bonchev–Trinajstić information content (AvgIpc) is 2.49. The molecule has 0 bridgehead atoms. The SMILES string of the molecule is CCOc1ccc2oc(=O)cc(CN3CCNCC3)c2c1. The quantitative estimate of drug-likeness (QED) is 0.866. The molecule has 1 saturated heterocycles. The van der Waals surface area contributed by atoms with Crippen molar-refractivity contribution in [2.45, 2.75) is 13.5 Å². The Balaban J connectivity index is 1.97. The van der Waals surface area contributed by atoms with Gasteiger partial charge in [-0.2, -0.15) is 0 Å². The number of ether oxygens (including phenoxy) is 1. The molecule has 0 spiro atoms. The van der Waals surface area contributed by atoms with Gasteiger partial charge in [-0.05, 0) is 30.7 Å². The Bertz CT molecular complexity index is 675. The van der Waals surface area contributed by atoms with Crippen molar-refractivity contribution in [2.24, 2.45) is 0 Å². The third kappa shape index (κ3) is 3.25. The highest BCUT2D eigenvalue weighted by atomic mass is 16.5. The molecule has 1 aromatic carbocycles. The van der Waals surface area contributed by atoms with Crippen molar-refractivity contribution in [1.82, 2.24) is 10.2 Å². The standard InChI is InChI=1S/C16H20N2O3/c1-2-20-13-3-4-15-14(10-13)12(9-16(19)21-15)11-18-7-5-17-6-8-18/h3-4,9-10,17H,2,5-8,11H2,1H3. The molecule has 112 valence electrons. The average molecular weight is 288 g/mol. The molecule has 1 aliphatic rings. The lowest BCUT2D eigenvalue weighted by molar-refractivity contribution is 0.233. The summed E-state index contributed by atoms with van der Waals surface area (Å²) in [4.78, 5) is 14.1. The van der Waals surface area contributed by atoms with Crippen LogP contribution >= 0.6 is 0 Å². The molecular weight excluding hydrogens is 268 g/mol. The molecule has 0 radical (unpaired) electrons. The fourth-order valence-corrected chi connectivity index (χ4v) is 2.70. The molecule has 1 aromatic heterocycles. The maximum atomic E-state index is 11.7. The molecule has 1 aliphatic heterocycles. The van der Waals surface area contributed by atoms with Gasteiger partial charge in [-0.15, -0.1) is 0 Å². The Morgan fingerprint density at radius 1 is 1.29 bits per heavy atom. The second kappa shape index (κ2) is 6.28. The van der Waals surface area contributed by atoms with Crippen LogP contribution in [0.25, 0.3) is 11.0 Å². The number of rotatable bonds is 4. The minimum absolute atomic E-state index is 0.295. The molecule has 0 saturated carbocycles. The van der Waals surface area contributed by atoms with Crippen LogP contribution in [0.15, 0.2) is 33.5 Å². The van der Waals surface area contributed by atoms with E-state index in [9.17, 15) is 4.79 Å². The van der Waals surface area contributed by atoms with Crippen molar-refractivity contribution < 1.29 is 9.15 Å². The molecule has 0 aliphatic carbocycles. The number of hydrogen-bond acceptors (Lipinski definition) is 5. The molecule has 21 heavy (non-hydrogen) atoms. The Morgan fingerprint density at radius 3 is 2.86 bits per heavy atom. The summed E-state index contributed by atoms with van der Waals surface area (Å²) in [6.45, 7) is 7.30. The number of fused-ring (bicyclic) bond motifs is 1. The Labute approximate surface area is 123 Å². The summed E-state index contributed by atoms with van der Waals surface area (Å²) in [7, 11) is 0. The predicted octanol–water partition coefficient (Wildman–Crippen LogP) is 1.60. The molecule has 2 heterocycles. The van der Waals surface area contributed by atoms with Gasteiger partial charge < -0.3 is 14.5 Å². The molecule has 0 amide bonds. The van der Waals surface area contributed by atoms with Crippen LogP contribution < -0.4 is 15.7 Å². The Hall–Kier alpha value is -1.85. The summed E-state index contributed by atoms with van der Waals surface area (Å²) in [5, 5.41) is 4.29. The van der Waals surface area contributed by atoms with E-state index in [2.05, 4.69) is 10.2 Å². The van der Waals surface area contributed by atoms with E-state index in [4.69, 9.17) is 9.15 Å². The fourth-order valence-electron chi connectivity index (χ4n) is 2.70. The first-order valence-electron chi connectivity index (χ1n) is 7.39. The first kappa shape index (κ1) is 14.1. The third-order valence-electron chi connectivity index (χ3n) is 3.71. The van der Waals surface area contributed by atoms with Crippen LogP contribution in [0.4, 0.5) is 0 Å². The van der Waals surface area contributed by atoms with Gasteiger partial charge in [0.25, 0.3) is 0 Å². The van der Waals surface area contributed by atoms with Gasteiger partial charge in [0.1, 0.15) is 11.3 Å². The number of benzene rings is 1. The summed E-state index contributed by atoms with van der Waals surface area (Å²) in [5.41, 5.74) is 1.33. The predicted molar refractivity (Wildman–Crippen MR) is 81.8 cm³/mol. The molecule has 0 unspecified atom stereocenters. The van der Waals surface area contributed by atoms with Crippen molar-refractivity contribution in [3.63, 3.8) is 0 Å². The van der Waals surface area contributed by atoms with E-state index in [0.29, 0.717) is 12.2 Å². The van der Waals surface area contributed by atoms with Crippen molar-refractivity contribution in [2.75, 3.05) is 32.8 Å². The van der Waals surface area contributed by atoms with Crippen molar-refractivity contribution >= 4 is 11.0 Å². The summed E-state index contributed by atoms with van der Waals surface area (Å²) < 4.78 is 10.8. The van der Waals surface area contributed by atoms with E-state index in [1.807, 2.05) is 25.1 Å². The fraction of sp³-hybridized carbons (Fsp3) is 0.438. The Kier molecular flexibility index (Phi) is 4.22. The van der Waals surface area contributed by atoms with Crippen LogP contribution in [-0.4, -0.2) is 37.7 Å². The second-order valence-corrected chi connectivity index (χ2v) is 5.21. The van der Waals surface area contributed by atoms with Crippen molar-refractivity contribution in [1.29, 1.82) is 0 Å². The summed E-state index contributed by atoms with van der Waals surface area (Å²) >= 11 is 0. The zero-order chi connectivity index (χ0) is 14.7. The highest BCUT2D eigenvalue weighted by molar-refractivity contribution is 5.81. The molecule has 1 fully saturated rings. The number of hydrogen-bond donors (Lipinski definition) is 1. The van der Waals surface area contributed by atoms with Crippen LogP contribution in [-0.2, 0) is 6.54 Å². The van der Waals surface area contributed by atoms with Crippen LogP contribution in [0, 0.1) is 0 Å². The van der Waals surface area contributed by atoms with Gasteiger partial charge in [0.2, 0.25) is 0 Å². The van der Waals surface area contributed by atoms with E-state index in [0.717, 1.165) is 49.4 Å². The van der Waals surface area contributed by atoms with E-state index in [1.54, 1.807) is 6.07 Å². The van der Waals surface area contributed by atoms with Crippen LogP contribution in [0.5, 0.6) is 5.75 Å². The van der Waals surface area contributed by atoms with Crippen LogP contribution in [0.1, 0.15) is 12.5 Å². The van der Waals surface area contributed by atoms with Crippen molar-refractivity contribution in [3.05, 3.63) is 40.2 Å². The van der Waals surface area contributed by atoms with Gasteiger partial charge in [-0.1, -0.05) is 0 Å². The van der Waals surface area contributed by atoms with Gasteiger partial charge in [-0.3, -0.25) is 4.90 Å². The molecule has 5 nitrogen and oxygen atoms in total. The highest BCUT2D eigenvalue weighted by Crippen LogP contribution is 2.24. The second-order valence-electron chi connectivity index (χ2n) is 5.21. The van der Waals surface area contributed by atoms with Gasteiger partial charge >= 0.3 is 5.63 Å². The van der Waals surface area contributed by atoms with E-state index in [-0.39, 0.29) is 5.63 Å². The van der Waals surface area contributed by atoms with Crippen LogP contribution in [0.3, 0.4) is 0 Å². The molecule has 0 atom stereocenters. The number of piperazine rings is 1. The zero-order valence-electron chi connectivity index (χ0n) is 12.2. The minimum Gasteiger partial charge on any atom is -0.494 e. The maximum Gasteiger partial charge on any atom is 0.336 e. The van der Waals surface area contributed by atoms with Gasteiger partial charge in [0, 0.05) is 44.2 Å². The molecule has 2 aromatic rings. The Morgan fingerprint density at radius 2 is 2.10 bits per heavy atom. The number of nitrogens with zero attached hydrogens (tertiary/aromatic N) is 1. The topological polar surface area (TPSA) is 54.7 Å². The first-order chi connectivity index (χ1) is 10.3. The minimum atomic E-state index is -0.295. The summed E-state index contributed by atoms with van der Waals surface area (Å²) in [6.07, 6.45) is 0. The van der Waals surface area contributed by atoms with Crippen LogP contribution in [0.2, 0.25) is 0 Å². The molecule has 5 heteroatoms. The van der Waals surface area contributed by atoms with Crippen molar-refractivity contribution in [3.8, 4) is 5.75 Å². The monoisotopic (exact) mass is 288 g/mol. The third-order valence-corrected chi connectivity index (χ3v) is 3.71. The lowest BCUT2D eigenvalue weighted by Gasteiger charge is -2.27. The number of nitrogens with one attached hydrogen (secondary N) is 1. The van der Waals surface area contributed by atoms with Gasteiger partial charge in [-0.25, -0.2) is 4.79 Å². The largest absolute Gasteiger partial charge is 0.494 e. The molecule has 1 N–H and O–H groups in total. The van der Waals surface area contributed by atoms with Gasteiger partial charge in [0.15, 0.2) is 0 Å². The normalized spacial score (nSPS) is 16.2. The highest BCUT2D eigenvalue weighted by Gasteiger charge is 2.13. The molecule has 3 rings (SSSR count). The summed E-state index contributed by atoms with van der Waals surface area (Å²) in [6, 6.07) is 7.20.